The zero-order valence-electron chi connectivity index (χ0n) is 24.4. The third-order valence-corrected chi connectivity index (χ3v) is 8.58. The third kappa shape index (κ3) is 5.73. The van der Waals surface area contributed by atoms with Crippen molar-refractivity contribution < 1.29 is 23.4 Å². The molecule has 6 rings (SSSR count). The molecule has 1 atom stereocenters. The lowest BCUT2D eigenvalue weighted by atomic mass is 9.83. The van der Waals surface area contributed by atoms with Crippen molar-refractivity contribution in [3.8, 4) is 11.4 Å². The van der Waals surface area contributed by atoms with E-state index >= 15 is 0 Å². The second kappa shape index (κ2) is 12.5. The minimum absolute atomic E-state index is 0.113. The van der Waals surface area contributed by atoms with Crippen LogP contribution in [0, 0.1) is 18.7 Å². The van der Waals surface area contributed by atoms with Gasteiger partial charge >= 0.3 is 5.97 Å². The van der Waals surface area contributed by atoms with Gasteiger partial charge in [-0.1, -0.05) is 36.4 Å². The molecule has 42 heavy (non-hydrogen) atoms. The van der Waals surface area contributed by atoms with Gasteiger partial charge in [0.05, 0.1) is 18.0 Å². The van der Waals surface area contributed by atoms with E-state index in [0.29, 0.717) is 38.4 Å². The molecule has 0 saturated carbocycles. The number of ether oxygens (including phenoxy) is 3. The highest BCUT2D eigenvalue weighted by Gasteiger charge is 2.31. The number of fused-ring (bicyclic) bond motifs is 1. The number of halogens is 1. The van der Waals surface area contributed by atoms with E-state index in [2.05, 4.69) is 34.9 Å². The summed E-state index contributed by atoms with van der Waals surface area (Å²) in [4.78, 5) is 12.5. The van der Waals surface area contributed by atoms with Gasteiger partial charge in [-0.15, -0.1) is 0 Å². The average Bonchev–Trinajstić information content (AvgIpc) is 3.37. The fourth-order valence-corrected chi connectivity index (χ4v) is 6.40. The Morgan fingerprint density at radius 3 is 2.55 bits per heavy atom. The fourth-order valence-electron chi connectivity index (χ4n) is 6.40. The van der Waals surface area contributed by atoms with Gasteiger partial charge < -0.3 is 18.8 Å². The number of benzene rings is 3. The predicted octanol–water partition coefficient (Wildman–Crippen LogP) is 8.30. The van der Waals surface area contributed by atoms with Crippen LogP contribution in [-0.4, -0.2) is 30.4 Å². The van der Waals surface area contributed by atoms with Gasteiger partial charge in [0, 0.05) is 41.5 Å². The number of allylic oxidation sites excluding steroid dienone is 2. The highest BCUT2D eigenvalue weighted by Crippen LogP contribution is 2.45. The maximum absolute atomic E-state index is 14.4. The number of nitrogens with zero attached hydrogens (tertiary/aromatic N) is 1. The highest BCUT2D eigenvalue weighted by molar-refractivity contribution is 5.97. The van der Waals surface area contributed by atoms with Gasteiger partial charge in [0.25, 0.3) is 0 Å². The summed E-state index contributed by atoms with van der Waals surface area (Å²) >= 11 is 0. The second-order valence-electron chi connectivity index (χ2n) is 11.3. The van der Waals surface area contributed by atoms with Crippen molar-refractivity contribution in [1.82, 2.24) is 4.57 Å². The first-order valence-electron chi connectivity index (χ1n) is 15.1. The lowest BCUT2D eigenvalue weighted by molar-refractivity contribution is -0.148. The van der Waals surface area contributed by atoms with E-state index in [-0.39, 0.29) is 23.6 Å². The summed E-state index contributed by atoms with van der Waals surface area (Å²) in [5.41, 5.74) is 7.45. The van der Waals surface area contributed by atoms with Crippen molar-refractivity contribution in [2.45, 2.75) is 58.5 Å². The maximum Gasteiger partial charge on any atom is 0.309 e. The van der Waals surface area contributed by atoms with Crippen LogP contribution in [0.1, 0.15) is 67.3 Å². The molecule has 1 saturated heterocycles. The number of hydrogen-bond acceptors (Lipinski definition) is 4. The molecular weight excluding hydrogens is 529 g/mol. The minimum Gasteiger partial charge on any atom is -0.489 e. The van der Waals surface area contributed by atoms with Gasteiger partial charge in [-0.3, -0.25) is 4.79 Å². The summed E-state index contributed by atoms with van der Waals surface area (Å²) in [5.74, 6) is 0.652. The van der Waals surface area contributed by atoms with Crippen molar-refractivity contribution in [2.75, 3.05) is 19.8 Å². The Morgan fingerprint density at radius 2 is 1.83 bits per heavy atom. The van der Waals surface area contributed by atoms with E-state index in [1.807, 2.05) is 50.2 Å². The van der Waals surface area contributed by atoms with Crippen molar-refractivity contribution in [1.29, 1.82) is 0 Å². The first-order valence-corrected chi connectivity index (χ1v) is 15.1. The molecule has 3 aromatic carbocycles. The SMILES string of the molecule is CCOC(=O)C1CC=C(c2c(C3CCOCC3)n(-c3ccc(F)c(C)c3)c3ccc(OCc4ccccc4)cc23)CC1. The molecular formula is C36H38FNO4. The first kappa shape index (κ1) is 28.2. The Morgan fingerprint density at radius 1 is 1.02 bits per heavy atom. The van der Waals surface area contributed by atoms with Crippen LogP contribution in [-0.2, 0) is 20.9 Å². The minimum atomic E-state index is -0.209. The first-order chi connectivity index (χ1) is 20.5. The molecule has 0 amide bonds. The molecule has 0 spiro atoms. The van der Waals surface area contributed by atoms with Gasteiger partial charge in [0.15, 0.2) is 0 Å². The van der Waals surface area contributed by atoms with Gasteiger partial charge in [-0.2, -0.15) is 0 Å². The number of aryl methyl sites for hydroxylation is 1. The molecule has 5 nitrogen and oxygen atoms in total. The molecule has 1 aliphatic heterocycles. The third-order valence-electron chi connectivity index (χ3n) is 8.58. The lowest BCUT2D eigenvalue weighted by Crippen LogP contribution is -2.20. The average molecular weight is 568 g/mol. The van der Waals surface area contributed by atoms with Crippen molar-refractivity contribution in [2.24, 2.45) is 5.92 Å². The van der Waals surface area contributed by atoms with Crippen molar-refractivity contribution in [3.05, 3.63) is 101 Å². The Balaban J connectivity index is 1.51. The number of hydrogen-bond donors (Lipinski definition) is 0. The number of esters is 1. The van der Waals surface area contributed by atoms with Gasteiger partial charge in [-0.25, -0.2) is 4.39 Å². The molecule has 2 aliphatic rings. The largest absolute Gasteiger partial charge is 0.489 e. The van der Waals surface area contributed by atoms with Crippen molar-refractivity contribution >= 4 is 22.4 Å². The maximum atomic E-state index is 14.4. The summed E-state index contributed by atoms with van der Waals surface area (Å²) in [7, 11) is 0. The van der Waals surface area contributed by atoms with Crippen LogP contribution >= 0.6 is 0 Å². The zero-order chi connectivity index (χ0) is 29.1. The second-order valence-corrected chi connectivity index (χ2v) is 11.3. The van der Waals surface area contributed by atoms with E-state index < -0.39 is 0 Å². The summed E-state index contributed by atoms with van der Waals surface area (Å²) < 4.78 is 34.2. The van der Waals surface area contributed by atoms with Crippen molar-refractivity contribution in [3.63, 3.8) is 0 Å². The Bertz CT molecular complexity index is 1600. The lowest BCUT2D eigenvalue weighted by Gasteiger charge is -2.27. The summed E-state index contributed by atoms with van der Waals surface area (Å²) in [6.45, 7) is 5.97. The van der Waals surface area contributed by atoms with Crippen LogP contribution in [0.4, 0.5) is 4.39 Å². The zero-order valence-corrected chi connectivity index (χ0v) is 24.4. The molecule has 1 aromatic heterocycles. The molecule has 218 valence electrons. The van der Waals surface area contributed by atoms with Crippen LogP contribution in [0.2, 0.25) is 0 Å². The molecule has 1 unspecified atom stereocenters. The molecule has 1 fully saturated rings. The van der Waals surface area contributed by atoms with Crippen LogP contribution in [0.5, 0.6) is 5.75 Å². The van der Waals surface area contributed by atoms with E-state index in [0.717, 1.165) is 53.6 Å². The predicted molar refractivity (Wildman–Crippen MR) is 163 cm³/mol. The van der Waals surface area contributed by atoms with Crippen LogP contribution in [0.15, 0.2) is 72.8 Å². The summed E-state index contributed by atoms with van der Waals surface area (Å²) in [6.07, 6.45) is 6.27. The highest BCUT2D eigenvalue weighted by atomic mass is 19.1. The van der Waals surface area contributed by atoms with Crippen LogP contribution < -0.4 is 4.74 Å². The Kier molecular flexibility index (Phi) is 8.43. The van der Waals surface area contributed by atoms with Gasteiger partial charge in [0.2, 0.25) is 0 Å². The van der Waals surface area contributed by atoms with Gasteiger partial charge in [-0.05, 0) is 99.0 Å². The number of carbonyl (C=O) groups excluding carboxylic acids is 1. The summed E-state index contributed by atoms with van der Waals surface area (Å²) in [5, 5.41) is 1.12. The van der Waals surface area contributed by atoms with E-state index in [4.69, 9.17) is 14.2 Å². The normalized spacial score (nSPS) is 17.7. The molecule has 0 radical (unpaired) electrons. The van der Waals surface area contributed by atoms with E-state index in [1.54, 1.807) is 6.07 Å². The smallest absolute Gasteiger partial charge is 0.309 e. The van der Waals surface area contributed by atoms with Crippen LogP contribution in [0.3, 0.4) is 0 Å². The van der Waals surface area contributed by atoms with E-state index in [1.165, 1.54) is 16.8 Å². The standard InChI is InChI=1S/C36H38FNO4/c1-3-41-36(39)28-11-9-26(10-12-28)34-31-22-30(42-23-25-7-5-4-6-8-25)14-16-33(31)38(29-13-15-32(37)24(2)21-29)35(34)27-17-19-40-20-18-27/h4-9,13-16,21-22,27-28H,3,10-12,17-20,23H2,1-2H3. The summed E-state index contributed by atoms with van der Waals surface area (Å²) in [6, 6.07) is 21.9. The molecule has 0 N–H and O–H groups in total. The molecule has 2 heterocycles. The monoisotopic (exact) mass is 567 g/mol. The Labute approximate surface area is 246 Å². The Hall–Kier alpha value is -3.90. The van der Waals surface area contributed by atoms with Crippen LogP contribution in [0.25, 0.3) is 22.2 Å². The molecule has 0 bridgehead atoms. The molecule has 4 aromatic rings. The topological polar surface area (TPSA) is 49.7 Å². The van der Waals surface area contributed by atoms with Gasteiger partial charge in [0.1, 0.15) is 18.2 Å². The number of aromatic nitrogens is 1. The quantitative estimate of drug-likeness (QED) is 0.201. The number of rotatable bonds is 8. The number of carbonyl (C=O) groups is 1. The van der Waals surface area contributed by atoms with E-state index in [9.17, 15) is 9.18 Å². The molecule has 6 heteroatoms. The fraction of sp³-hybridized carbons (Fsp3) is 0.361. The molecule has 1 aliphatic carbocycles.